The van der Waals surface area contributed by atoms with Gasteiger partial charge in [0.25, 0.3) is 5.91 Å². The highest BCUT2D eigenvalue weighted by Crippen LogP contribution is 2.22. The lowest BCUT2D eigenvalue weighted by atomic mass is 10.1. The van der Waals surface area contributed by atoms with Gasteiger partial charge in [0, 0.05) is 30.4 Å². The standard InChI is InChI=1S/C17H19N5O2/c1-3-22-11-12(10-19-22)9-18-17(23)16-8-15(20-21-16)13-5-4-6-14(7-13)24-2/h4-8,10-11H,3,9H2,1-2H3,(H,18,23)(H,20,21). The molecule has 0 aliphatic rings. The van der Waals surface area contributed by atoms with Gasteiger partial charge in [0.05, 0.1) is 19.0 Å². The van der Waals surface area contributed by atoms with Crippen LogP contribution in [0.4, 0.5) is 0 Å². The van der Waals surface area contributed by atoms with Crippen LogP contribution in [0, 0.1) is 0 Å². The van der Waals surface area contributed by atoms with Crippen molar-refractivity contribution in [3.8, 4) is 17.0 Å². The maximum Gasteiger partial charge on any atom is 0.269 e. The van der Waals surface area contributed by atoms with Gasteiger partial charge in [0.1, 0.15) is 11.4 Å². The zero-order valence-corrected chi connectivity index (χ0v) is 13.6. The Bertz CT molecular complexity index is 837. The molecule has 0 unspecified atom stereocenters. The number of carbonyl (C=O) groups is 1. The molecule has 24 heavy (non-hydrogen) atoms. The predicted octanol–water partition coefficient (Wildman–Crippen LogP) is 2.23. The van der Waals surface area contributed by atoms with Gasteiger partial charge in [-0.3, -0.25) is 14.6 Å². The van der Waals surface area contributed by atoms with Gasteiger partial charge in [0.15, 0.2) is 0 Å². The van der Waals surface area contributed by atoms with Gasteiger partial charge in [-0.1, -0.05) is 12.1 Å². The number of hydrogen-bond donors (Lipinski definition) is 2. The number of methoxy groups -OCH3 is 1. The molecule has 0 radical (unpaired) electrons. The van der Waals surface area contributed by atoms with E-state index in [4.69, 9.17) is 4.74 Å². The molecule has 7 heteroatoms. The van der Waals surface area contributed by atoms with Crippen molar-refractivity contribution in [2.45, 2.75) is 20.0 Å². The third-order valence-corrected chi connectivity index (χ3v) is 3.65. The van der Waals surface area contributed by atoms with Crippen molar-refractivity contribution in [2.75, 3.05) is 7.11 Å². The van der Waals surface area contributed by atoms with Crippen LogP contribution in [0.25, 0.3) is 11.3 Å². The Morgan fingerprint density at radius 1 is 1.38 bits per heavy atom. The third kappa shape index (κ3) is 3.45. The lowest BCUT2D eigenvalue weighted by Crippen LogP contribution is -2.22. The minimum absolute atomic E-state index is 0.208. The zero-order valence-electron chi connectivity index (χ0n) is 13.6. The summed E-state index contributed by atoms with van der Waals surface area (Å²) in [5.74, 6) is 0.537. The maximum atomic E-state index is 12.2. The third-order valence-electron chi connectivity index (χ3n) is 3.65. The summed E-state index contributed by atoms with van der Waals surface area (Å²) in [6, 6.07) is 9.25. The fraction of sp³-hybridized carbons (Fsp3) is 0.235. The highest BCUT2D eigenvalue weighted by molar-refractivity contribution is 5.93. The molecule has 0 saturated heterocycles. The van der Waals surface area contributed by atoms with E-state index in [0.29, 0.717) is 17.9 Å². The summed E-state index contributed by atoms with van der Waals surface area (Å²) < 4.78 is 7.02. The Morgan fingerprint density at radius 2 is 2.25 bits per heavy atom. The number of aromatic nitrogens is 4. The Hall–Kier alpha value is -3.09. The van der Waals surface area contributed by atoms with Gasteiger partial charge in [-0.15, -0.1) is 0 Å². The molecule has 1 aromatic carbocycles. The Kier molecular flexibility index (Phi) is 4.60. The van der Waals surface area contributed by atoms with Crippen molar-refractivity contribution in [3.63, 3.8) is 0 Å². The van der Waals surface area contributed by atoms with Crippen LogP contribution in [0.15, 0.2) is 42.7 Å². The molecule has 3 rings (SSSR count). The second-order valence-corrected chi connectivity index (χ2v) is 5.29. The van der Waals surface area contributed by atoms with E-state index in [-0.39, 0.29) is 5.91 Å². The van der Waals surface area contributed by atoms with E-state index in [1.54, 1.807) is 19.4 Å². The molecule has 1 amide bonds. The summed E-state index contributed by atoms with van der Waals surface area (Å²) in [7, 11) is 1.61. The van der Waals surface area contributed by atoms with Gasteiger partial charge >= 0.3 is 0 Å². The summed E-state index contributed by atoms with van der Waals surface area (Å²) in [6.07, 6.45) is 3.66. The molecule has 0 atom stereocenters. The summed E-state index contributed by atoms with van der Waals surface area (Å²) in [4.78, 5) is 12.2. The lowest BCUT2D eigenvalue weighted by Gasteiger charge is -2.01. The minimum atomic E-state index is -0.208. The van der Waals surface area contributed by atoms with E-state index >= 15 is 0 Å². The van der Waals surface area contributed by atoms with E-state index in [9.17, 15) is 4.79 Å². The minimum Gasteiger partial charge on any atom is -0.497 e. The number of amides is 1. The number of ether oxygens (including phenoxy) is 1. The second-order valence-electron chi connectivity index (χ2n) is 5.29. The maximum absolute atomic E-state index is 12.2. The fourth-order valence-electron chi connectivity index (χ4n) is 2.32. The first kappa shape index (κ1) is 15.8. The smallest absolute Gasteiger partial charge is 0.269 e. The molecule has 0 aliphatic carbocycles. The number of H-pyrrole nitrogens is 1. The van der Waals surface area contributed by atoms with Crippen LogP contribution < -0.4 is 10.1 Å². The van der Waals surface area contributed by atoms with E-state index in [1.807, 2.05) is 42.1 Å². The largest absolute Gasteiger partial charge is 0.497 e. The molecular formula is C17H19N5O2. The van der Waals surface area contributed by atoms with Crippen molar-refractivity contribution in [2.24, 2.45) is 0 Å². The van der Waals surface area contributed by atoms with Crippen molar-refractivity contribution in [1.29, 1.82) is 0 Å². The first-order chi connectivity index (χ1) is 11.7. The number of nitrogens with one attached hydrogen (secondary N) is 2. The predicted molar refractivity (Wildman–Crippen MR) is 89.6 cm³/mol. The van der Waals surface area contributed by atoms with Crippen LogP contribution in [0.1, 0.15) is 23.0 Å². The first-order valence-electron chi connectivity index (χ1n) is 7.69. The second kappa shape index (κ2) is 6.99. The number of aromatic amines is 1. The van der Waals surface area contributed by atoms with Crippen LogP contribution >= 0.6 is 0 Å². The number of hydrogen-bond acceptors (Lipinski definition) is 4. The average Bonchev–Trinajstić information content (AvgIpc) is 3.29. The highest BCUT2D eigenvalue weighted by Gasteiger charge is 2.11. The number of nitrogens with zero attached hydrogens (tertiary/aromatic N) is 3. The molecule has 0 fully saturated rings. The fourth-order valence-corrected chi connectivity index (χ4v) is 2.32. The molecule has 0 spiro atoms. The van der Waals surface area contributed by atoms with Crippen LogP contribution in [0.2, 0.25) is 0 Å². The Balaban J connectivity index is 1.66. The molecule has 7 nitrogen and oxygen atoms in total. The van der Waals surface area contributed by atoms with E-state index in [1.165, 1.54) is 0 Å². The van der Waals surface area contributed by atoms with Crippen molar-refractivity contribution in [1.82, 2.24) is 25.3 Å². The molecule has 3 aromatic rings. The normalized spacial score (nSPS) is 10.6. The van der Waals surface area contributed by atoms with Gasteiger partial charge < -0.3 is 10.1 Å². The van der Waals surface area contributed by atoms with E-state index in [2.05, 4.69) is 20.6 Å². The number of aryl methyl sites for hydroxylation is 1. The van der Waals surface area contributed by atoms with Gasteiger partial charge in [-0.25, -0.2) is 0 Å². The number of rotatable bonds is 6. The zero-order chi connectivity index (χ0) is 16.9. The first-order valence-corrected chi connectivity index (χ1v) is 7.69. The molecule has 124 valence electrons. The van der Waals surface area contributed by atoms with Crippen LogP contribution in [0.5, 0.6) is 5.75 Å². The van der Waals surface area contributed by atoms with Crippen molar-refractivity contribution >= 4 is 5.91 Å². The molecular weight excluding hydrogens is 306 g/mol. The summed E-state index contributed by atoms with van der Waals surface area (Å²) >= 11 is 0. The van der Waals surface area contributed by atoms with Crippen LogP contribution in [0.3, 0.4) is 0 Å². The monoisotopic (exact) mass is 325 g/mol. The molecule has 2 heterocycles. The summed E-state index contributed by atoms with van der Waals surface area (Å²) in [5.41, 5.74) is 2.94. The van der Waals surface area contributed by atoms with Gasteiger partial charge in [0.2, 0.25) is 0 Å². The Labute approximate surface area is 139 Å². The lowest BCUT2D eigenvalue weighted by molar-refractivity contribution is 0.0946. The molecule has 0 saturated carbocycles. The van der Waals surface area contributed by atoms with Gasteiger partial charge in [-0.2, -0.15) is 10.2 Å². The molecule has 2 aromatic heterocycles. The molecule has 0 aliphatic heterocycles. The molecule has 2 N–H and O–H groups in total. The van der Waals surface area contributed by atoms with Crippen LogP contribution in [-0.2, 0) is 13.1 Å². The number of carbonyl (C=O) groups excluding carboxylic acids is 1. The quantitative estimate of drug-likeness (QED) is 0.728. The highest BCUT2D eigenvalue weighted by atomic mass is 16.5. The molecule has 0 bridgehead atoms. The average molecular weight is 325 g/mol. The van der Waals surface area contributed by atoms with Crippen molar-refractivity contribution in [3.05, 3.63) is 54.0 Å². The Morgan fingerprint density at radius 3 is 3.00 bits per heavy atom. The van der Waals surface area contributed by atoms with Crippen LogP contribution in [-0.4, -0.2) is 33.0 Å². The van der Waals surface area contributed by atoms with Gasteiger partial charge in [-0.05, 0) is 25.1 Å². The van der Waals surface area contributed by atoms with E-state index < -0.39 is 0 Å². The SMILES string of the molecule is CCn1cc(CNC(=O)c2cc(-c3cccc(OC)c3)n[nH]2)cn1. The number of benzene rings is 1. The topological polar surface area (TPSA) is 84.8 Å². The summed E-state index contributed by atoms with van der Waals surface area (Å²) in [5, 5.41) is 14.0. The van der Waals surface area contributed by atoms with E-state index in [0.717, 1.165) is 23.4 Å². The van der Waals surface area contributed by atoms with Crippen molar-refractivity contribution < 1.29 is 9.53 Å². The summed E-state index contributed by atoms with van der Waals surface area (Å²) in [6.45, 7) is 3.24.